The fourth-order valence-corrected chi connectivity index (χ4v) is 11.3. The molecule has 15 rings (SSSR count). The molecule has 0 radical (unpaired) electrons. The highest BCUT2D eigenvalue weighted by Crippen LogP contribution is 2.42. The van der Waals surface area contributed by atoms with Gasteiger partial charge in [0.25, 0.3) is 0 Å². The molecular weight excluding hydrogens is 977 g/mol. The van der Waals surface area contributed by atoms with Gasteiger partial charge in [-0.15, -0.1) is 0 Å². The molecule has 0 aliphatic carbocycles. The molecule has 0 spiro atoms. The zero-order valence-corrected chi connectivity index (χ0v) is 43.1. The standard InChI is InChI=1S/C72H46N8/c1-6-22-47(23-7-1)67-73-68(48-24-8-2-9-25-48)76-71(75-67)58-34-17-16-32-55(58)53-40-43-65-61(45-53)60-44-51(52-38-41-57-56-33-18-20-36-62(56)79(66(57)46-52)54-30-14-5-15-31-54)39-42-64(60)80(65)63-37-21-19-35-59(63)72-77-69(49-26-10-3-11-27-49)74-70(78-72)50-28-12-4-13-29-50/h1-46H. The second-order valence-corrected chi connectivity index (χ2v) is 19.9. The molecule has 0 bridgehead atoms. The fourth-order valence-electron chi connectivity index (χ4n) is 11.3. The van der Waals surface area contributed by atoms with Crippen molar-refractivity contribution in [3.8, 4) is 102 Å². The zero-order valence-electron chi connectivity index (χ0n) is 43.1. The van der Waals surface area contributed by atoms with Crippen LogP contribution in [0, 0.1) is 0 Å². The van der Waals surface area contributed by atoms with Crippen molar-refractivity contribution in [1.29, 1.82) is 0 Å². The summed E-state index contributed by atoms with van der Waals surface area (Å²) in [7, 11) is 0. The van der Waals surface area contributed by atoms with Crippen molar-refractivity contribution in [2.45, 2.75) is 0 Å². The van der Waals surface area contributed by atoms with E-state index < -0.39 is 0 Å². The quantitative estimate of drug-likeness (QED) is 0.136. The molecule has 0 atom stereocenters. The number of hydrogen-bond acceptors (Lipinski definition) is 6. The molecule has 0 aliphatic rings. The Hall–Kier alpha value is -11.0. The number of aromatic nitrogens is 8. The van der Waals surface area contributed by atoms with Gasteiger partial charge in [-0.3, -0.25) is 0 Å². The molecule has 8 heteroatoms. The van der Waals surface area contributed by atoms with E-state index >= 15 is 0 Å². The van der Waals surface area contributed by atoms with Crippen LogP contribution >= 0.6 is 0 Å². The summed E-state index contributed by atoms with van der Waals surface area (Å²) in [5.41, 5.74) is 16.1. The van der Waals surface area contributed by atoms with Crippen molar-refractivity contribution < 1.29 is 0 Å². The monoisotopic (exact) mass is 1020 g/mol. The number of hydrogen-bond donors (Lipinski definition) is 0. The summed E-state index contributed by atoms with van der Waals surface area (Å²) >= 11 is 0. The molecule has 4 aromatic heterocycles. The van der Waals surface area contributed by atoms with Gasteiger partial charge >= 0.3 is 0 Å². The Morgan fingerprint density at radius 2 is 0.575 bits per heavy atom. The Morgan fingerprint density at radius 1 is 0.200 bits per heavy atom. The minimum absolute atomic E-state index is 0.578. The number of fused-ring (bicyclic) bond motifs is 6. The first-order chi connectivity index (χ1) is 39.7. The molecule has 4 heterocycles. The molecular formula is C72H46N8. The Kier molecular flexibility index (Phi) is 11.3. The molecule has 0 saturated carbocycles. The number of rotatable bonds is 10. The van der Waals surface area contributed by atoms with E-state index in [1.807, 2.05) is 121 Å². The third-order valence-corrected chi connectivity index (χ3v) is 15.1. The third kappa shape index (κ3) is 8.18. The minimum Gasteiger partial charge on any atom is -0.309 e. The molecule has 11 aromatic carbocycles. The van der Waals surface area contributed by atoms with Crippen LogP contribution in [-0.2, 0) is 0 Å². The van der Waals surface area contributed by atoms with Crippen LogP contribution in [0.2, 0.25) is 0 Å². The normalized spacial score (nSPS) is 11.5. The second-order valence-electron chi connectivity index (χ2n) is 19.9. The van der Waals surface area contributed by atoms with E-state index in [1.165, 1.54) is 16.3 Å². The molecule has 0 fully saturated rings. The van der Waals surface area contributed by atoms with Crippen LogP contribution < -0.4 is 0 Å². The minimum atomic E-state index is 0.578. The first-order valence-electron chi connectivity index (χ1n) is 26.8. The third-order valence-electron chi connectivity index (χ3n) is 15.1. The van der Waals surface area contributed by atoms with Gasteiger partial charge in [-0.2, -0.15) is 0 Å². The summed E-state index contributed by atoms with van der Waals surface area (Å²) in [5.74, 6) is 3.61. The van der Waals surface area contributed by atoms with Gasteiger partial charge in [-0.1, -0.05) is 218 Å². The van der Waals surface area contributed by atoms with Crippen molar-refractivity contribution in [2.24, 2.45) is 0 Å². The van der Waals surface area contributed by atoms with E-state index in [1.54, 1.807) is 0 Å². The van der Waals surface area contributed by atoms with Crippen LogP contribution in [0.25, 0.3) is 146 Å². The van der Waals surface area contributed by atoms with Gasteiger partial charge in [-0.05, 0) is 82.9 Å². The lowest BCUT2D eigenvalue weighted by atomic mass is 9.96. The van der Waals surface area contributed by atoms with Crippen LogP contribution in [-0.4, -0.2) is 39.0 Å². The highest BCUT2D eigenvalue weighted by atomic mass is 15.1. The summed E-state index contributed by atoms with van der Waals surface area (Å²) < 4.78 is 4.75. The lowest BCUT2D eigenvalue weighted by Crippen LogP contribution is -2.03. The predicted molar refractivity (Wildman–Crippen MR) is 325 cm³/mol. The van der Waals surface area contributed by atoms with Gasteiger partial charge in [-0.25, -0.2) is 29.9 Å². The SMILES string of the molecule is c1ccc(-c2nc(-c3ccccc3)nc(-c3ccccc3-c3ccc4c(c3)c3cc(-c5ccc6c7ccccc7n(-c7ccccc7)c6c5)ccc3n4-c3ccccc3-c3nc(-c4ccccc4)nc(-c4ccccc4)n3)n2)cc1. The number of benzene rings is 11. The average Bonchev–Trinajstić information content (AvgIpc) is 4.26. The fraction of sp³-hybridized carbons (Fsp3) is 0. The van der Waals surface area contributed by atoms with Gasteiger partial charge < -0.3 is 9.13 Å². The van der Waals surface area contributed by atoms with Crippen molar-refractivity contribution in [3.63, 3.8) is 0 Å². The van der Waals surface area contributed by atoms with Crippen LogP contribution in [0.5, 0.6) is 0 Å². The number of para-hydroxylation sites is 3. The van der Waals surface area contributed by atoms with Gasteiger partial charge in [0, 0.05) is 60.6 Å². The van der Waals surface area contributed by atoms with Crippen molar-refractivity contribution in [3.05, 3.63) is 279 Å². The molecule has 0 aliphatic heterocycles. The summed E-state index contributed by atoms with van der Waals surface area (Å²) in [5, 5.41) is 4.61. The van der Waals surface area contributed by atoms with E-state index in [-0.39, 0.29) is 0 Å². The van der Waals surface area contributed by atoms with Gasteiger partial charge in [0.15, 0.2) is 34.9 Å². The van der Waals surface area contributed by atoms with E-state index in [0.29, 0.717) is 34.9 Å². The van der Waals surface area contributed by atoms with Crippen molar-refractivity contribution in [1.82, 2.24) is 39.0 Å². The second kappa shape index (κ2) is 19.6. The molecule has 0 N–H and O–H groups in total. The molecule has 0 unspecified atom stereocenters. The lowest BCUT2D eigenvalue weighted by Gasteiger charge is -2.15. The largest absolute Gasteiger partial charge is 0.309 e. The van der Waals surface area contributed by atoms with E-state index in [4.69, 9.17) is 29.9 Å². The molecule has 0 amide bonds. The maximum atomic E-state index is 5.24. The Labute approximate surface area is 461 Å². The number of nitrogens with zero attached hydrogens (tertiary/aromatic N) is 8. The summed E-state index contributed by atoms with van der Waals surface area (Å²) in [6.45, 7) is 0. The molecule has 15 aromatic rings. The summed E-state index contributed by atoms with van der Waals surface area (Å²) in [6, 6.07) is 97.3. The first kappa shape index (κ1) is 46.4. The van der Waals surface area contributed by atoms with Crippen LogP contribution in [0.15, 0.2) is 279 Å². The smallest absolute Gasteiger partial charge is 0.166 e. The molecule has 8 nitrogen and oxygen atoms in total. The van der Waals surface area contributed by atoms with E-state index in [0.717, 1.165) is 94.3 Å². The van der Waals surface area contributed by atoms with E-state index in [9.17, 15) is 0 Å². The van der Waals surface area contributed by atoms with Crippen LogP contribution in [0.4, 0.5) is 0 Å². The maximum Gasteiger partial charge on any atom is 0.166 e. The highest BCUT2D eigenvalue weighted by Gasteiger charge is 2.23. The average molecular weight is 1020 g/mol. The molecule has 0 saturated heterocycles. The van der Waals surface area contributed by atoms with Crippen molar-refractivity contribution in [2.75, 3.05) is 0 Å². The summed E-state index contributed by atoms with van der Waals surface area (Å²) in [6.07, 6.45) is 0. The van der Waals surface area contributed by atoms with Gasteiger partial charge in [0.05, 0.1) is 27.8 Å². The zero-order chi connectivity index (χ0) is 52.9. The predicted octanol–water partition coefficient (Wildman–Crippen LogP) is 17.6. The van der Waals surface area contributed by atoms with Crippen LogP contribution in [0.1, 0.15) is 0 Å². The van der Waals surface area contributed by atoms with E-state index in [2.05, 4.69) is 167 Å². The van der Waals surface area contributed by atoms with Crippen molar-refractivity contribution >= 4 is 43.6 Å². The lowest BCUT2D eigenvalue weighted by molar-refractivity contribution is 1.06. The maximum absolute atomic E-state index is 5.24. The molecule has 80 heavy (non-hydrogen) atoms. The highest BCUT2D eigenvalue weighted by molar-refractivity contribution is 6.13. The van der Waals surface area contributed by atoms with Gasteiger partial charge in [0.1, 0.15) is 0 Å². The first-order valence-corrected chi connectivity index (χ1v) is 26.8. The Bertz CT molecular complexity index is 4690. The van der Waals surface area contributed by atoms with Crippen LogP contribution in [0.3, 0.4) is 0 Å². The molecule has 374 valence electrons. The summed E-state index contributed by atoms with van der Waals surface area (Å²) in [4.78, 5) is 30.9. The van der Waals surface area contributed by atoms with Gasteiger partial charge in [0.2, 0.25) is 0 Å². The Morgan fingerprint density at radius 3 is 1.14 bits per heavy atom. The topological polar surface area (TPSA) is 87.2 Å². The Balaban J connectivity index is 0.954.